The molecule has 1 aromatic heterocycles. The standard InChI is InChI=1S/C24H26N2O6S/c1-4-17-5-10-22-20(11-17)21(27)12-23(32-22)24(28)25-18-6-8-19(9-7-18)33(29,30)26-13-15(2)31-16(3)14-26/h5-12,15-16H,4,13-14H2,1-3H3,(H,25,28)/t15-,16+. The topological polar surface area (TPSA) is 106 Å². The van der Waals surface area contributed by atoms with E-state index >= 15 is 0 Å². The van der Waals surface area contributed by atoms with Crippen molar-refractivity contribution in [1.82, 2.24) is 4.31 Å². The Morgan fingerprint density at radius 2 is 1.73 bits per heavy atom. The van der Waals surface area contributed by atoms with E-state index in [0.29, 0.717) is 16.7 Å². The number of ether oxygens (including phenoxy) is 1. The molecule has 0 saturated carbocycles. The van der Waals surface area contributed by atoms with Crippen LogP contribution in [0.25, 0.3) is 11.0 Å². The molecule has 3 aromatic rings. The van der Waals surface area contributed by atoms with Crippen LogP contribution in [0, 0.1) is 0 Å². The number of hydrogen-bond acceptors (Lipinski definition) is 6. The summed E-state index contributed by atoms with van der Waals surface area (Å²) in [6.07, 6.45) is 0.409. The first kappa shape index (κ1) is 23.2. The molecule has 0 bridgehead atoms. The van der Waals surface area contributed by atoms with Crippen LogP contribution >= 0.6 is 0 Å². The quantitative estimate of drug-likeness (QED) is 0.613. The fraction of sp³-hybridized carbons (Fsp3) is 0.333. The SMILES string of the molecule is CCc1ccc2oc(C(=O)Nc3ccc(S(=O)(=O)N4C[C@@H](C)O[C@@H](C)C4)cc3)cc(=O)c2c1. The third-order valence-corrected chi connectivity index (χ3v) is 7.41. The van der Waals surface area contributed by atoms with E-state index in [2.05, 4.69) is 5.32 Å². The summed E-state index contributed by atoms with van der Waals surface area (Å²) in [5, 5.41) is 3.07. The molecule has 1 aliphatic rings. The number of morpholine rings is 1. The van der Waals surface area contributed by atoms with Gasteiger partial charge in [0.25, 0.3) is 5.91 Å². The summed E-state index contributed by atoms with van der Waals surface area (Å²) < 4.78 is 38.6. The second-order valence-corrected chi connectivity index (χ2v) is 10.2. The minimum atomic E-state index is -3.68. The summed E-state index contributed by atoms with van der Waals surface area (Å²) >= 11 is 0. The highest BCUT2D eigenvalue weighted by molar-refractivity contribution is 7.89. The number of carbonyl (C=O) groups excluding carboxylic acids is 1. The molecule has 2 aromatic carbocycles. The Balaban J connectivity index is 1.52. The number of aryl methyl sites for hydroxylation is 1. The molecule has 8 nitrogen and oxygen atoms in total. The van der Waals surface area contributed by atoms with Gasteiger partial charge in [-0.25, -0.2) is 8.42 Å². The highest BCUT2D eigenvalue weighted by atomic mass is 32.2. The number of hydrogen-bond donors (Lipinski definition) is 1. The molecule has 2 atom stereocenters. The third kappa shape index (κ3) is 4.85. The van der Waals surface area contributed by atoms with Gasteiger partial charge in [-0.05, 0) is 62.2 Å². The zero-order valence-corrected chi connectivity index (χ0v) is 19.5. The molecule has 1 amide bonds. The molecule has 1 N–H and O–H groups in total. The lowest BCUT2D eigenvalue weighted by Gasteiger charge is -2.34. The number of benzene rings is 2. The number of anilines is 1. The average Bonchev–Trinajstić information content (AvgIpc) is 2.78. The molecular weight excluding hydrogens is 444 g/mol. The molecule has 1 fully saturated rings. The van der Waals surface area contributed by atoms with Crippen LogP contribution in [0.4, 0.5) is 5.69 Å². The van der Waals surface area contributed by atoms with Crippen LogP contribution < -0.4 is 10.7 Å². The first-order valence-electron chi connectivity index (χ1n) is 10.8. The van der Waals surface area contributed by atoms with Crippen molar-refractivity contribution in [3.63, 3.8) is 0 Å². The van der Waals surface area contributed by atoms with Crippen molar-refractivity contribution in [2.75, 3.05) is 18.4 Å². The van der Waals surface area contributed by atoms with Crippen LogP contribution in [-0.2, 0) is 21.2 Å². The van der Waals surface area contributed by atoms with Gasteiger partial charge in [-0.1, -0.05) is 13.0 Å². The van der Waals surface area contributed by atoms with Crippen molar-refractivity contribution in [2.24, 2.45) is 0 Å². The number of amides is 1. The van der Waals surface area contributed by atoms with Gasteiger partial charge in [-0.15, -0.1) is 0 Å². The lowest BCUT2D eigenvalue weighted by Crippen LogP contribution is -2.48. The van der Waals surface area contributed by atoms with Gasteiger partial charge in [0, 0.05) is 24.8 Å². The lowest BCUT2D eigenvalue weighted by atomic mass is 10.1. The van der Waals surface area contributed by atoms with Gasteiger partial charge in [0.1, 0.15) is 5.58 Å². The maximum Gasteiger partial charge on any atom is 0.291 e. The van der Waals surface area contributed by atoms with Gasteiger partial charge in [-0.3, -0.25) is 9.59 Å². The zero-order chi connectivity index (χ0) is 23.8. The number of carbonyl (C=O) groups is 1. The molecule has 4 rings (SSSR count). The smallest absolute Gasteiger partial charge is 0.291 e. The number of rotatable bonds is 5. The Kier molecular flexibility index (Phi) is 6.38. The predicted molar refractivity (Wildman–Crippen MR) is 125 cm³/mol. The van der Waals surface area contributed by atoms with E-state index in [0.717, 1.165) is 18.1 Å². The minimum absolute atomic E-state index is 0.121. The van der Waals surface area contributed by atoms with Crippen LogP contribution in [0.2, 0.25) is 0 Å². The first-order valence-corrected chi connectivity index (χ1v) is 12.2. The molecule has 174 valence electrons. The van der Waals surface area contributed by atoms with Crippen molar-refractivity contribution < 1.29 is 22.4 Å². The van der Waals surface area contributed by atoms with Gasteiger partial charge in [0.15, 0.2) is 11.2 Å². The van der Waals surface area contributed by atoms with E-state index in [1.807, 2.05) is 26.8 Å². The molecule has 2 heterocycles. The normalized spacial score (nSPS) is 19.5. The zero-order valence-electron chi connectivity index (χ0n) is 18.7. The second-order valence-electron chi connectivity index (χ2n) is 8.22. The Labute approximate surface area is 192 Å². The summed E-state index contributed by atoms with van der Waals surface area (Å²) in [5.74, 6) is -0.718. The monoisotopic (exact) mass is 470 g/mol. The van der Waals surface area contributed by atoms with Gasteiger partial charge in [0.05, 0.1) is 22.5 Å². The third-order valence-electron chi connectivity index (χ3n) is 5.56. The molecule has 1 saturated heterocycles. The van der Waals surface area contributed by atoms with E-state index in [1.54, 1.807) is 12.1 Å². The number of sulfonamides is 1. The Bertz CT molecular complexity index is 1340. The Morgan fingerprint density at radius 1 is 1.06 bits per heavy atom. The molecule has 33 heavy (non-hydrogen) atoms. The van der Waals surface area contributed by atoms with Crippen LogP contribution in [0.3, 0.4) is 0 Å². The highest BCUT2D eigenvalue weighted by Gasteiger charge is 2.32. The van der Waals surface area contributed by atoms with Gasteiger partial charge in [0.2, 0.25) is 10.0 Å². The Hall–Kier alpha value is -3.01. The molecular formula is C24H26N2O6S. The molecule has 0 spiro atoms. The maximum absolute atomic E-state index is 13.0. The summed E-state index contributed by atoms with van der Waals surface area (Å²) in [7, 11) is -3.68. The highest BCUT2D eigenvalue weighted by Crippen LogP contribution is 2.23. The molecule has 0 aliphatic carbocycles. The van der Waals surface area contributed by atoms with E-state index in [4.69, 9.17) is 9.15 Å². The second kappa shape index (κ2) is 9.09. The summed E-state index contributed by atoms with van der Waals surface area (Å²) in [6.45, 7) is 6.23. The van der Waals surface area contributed by atoms with E-state index in [-0.39, 0.29) is 41.4 Å². The van der Waals surface area contributed by atoms with Crippen molar-refractivity contribution in [1.29, 1.82) is 0 Å². The first-order chi connectivity index (χ1) is 15.7. The summed E-state index contributed by atoms with van der Waals surface area (Å²) in [5.41, 5.74) is 1.42. The van der Waals surface area contributed by atoms with Crippen LogP contribution in [-0.4, -0.2) is 43.9 Å². The Morgan fingerprint density at radius 3 is 2.36 bits per heavy atom. The lowest BCUT2D eigenvalue weighted by molar-refractivity contribution is -0.0440. The number of nitrogens with one attached hydrogen (secondary N) is 1. The maximum atomic E-state index is 13.0. The number of fused-ring (bicyclic) bond motifs is 1. The predicted octanol–water partition coefficient (Wildman–Crippen LogP) is 3.41. The van der Waals surface area contributed by atoms with Crippen molar-refractivity contribution >= 4 is 32.6 Å². The summed E-state index contributed by atoms with van der Waals surface area (Å²) in [4.78, 5) is 25.2. The van der Waals surface area contributed by atoms with E-state index < -0.39 is 15.9 Å². The average molecular weight is 471 g/mol. The van der Waals surface area contributed by atoms with Crippen molar-refractivity contribution in [3.05, 3.63) is 70.1 Å². The van der Waals surface area contributed by atoms with Gasteiger partial charge >= 0.3 is 0 Å². The van der Waals surface area contributed by atoms with Gasteiger partial charge in [-0.2, -0.15) is 4.31 Å². The molecule has 1 aliphatic heterocycles. The van der Waals surface area contributed by atoms with Crippen LogP contribution in [0.15, 0.2) is 62.6 Å². The summed E-state index contributed by atoms with van der Waals surface area (Å²) in [6, 6.07) is 12.3. The van der Waals surface area contributed by atoms with Crippen LogP contribution in [0.1, 0.15) is 36.9 Å². The van der Waals surface area contributed by atoms with E-state index in [1.165, 1.54) is 28.6 Å². The molecule has 9 heteroatoms. The fourth-order valence-electron chi connectivity index (χ4n) is 3.91. The number of nitrogens with zero attached hydrogens (tertiary/aromatic N) is 1. The van der Waals surface area contributed by atoms with Crippen molar-refractivity contribution in [3.8, 4) is 0 Å². The van der Waals surface area contributed by atoms with Gasteiger partial charge < -0.3 is 14.5 Å². The van der Waals surface area contributed by atoms with Crippen LogP contribution in [0.5, 0.6) is 0 Å². The largest absolute Gasteiger partial charge is 0.451 e. The fourth-order valence-corrected chi connectivity index (χ4v) is 5.50. The van der Waals surface area contributed by atoms with E-state index in [9.17, 15) is 18.0 Å². The molecule has 0 radical (unpaired) electrons. The molecule has 0 unspecified atom stereocenters. The van der Waals surface area contributed by atoms with Crippen molar-refractivity contribution in [2.45, 2.75) is 44.3 Å². The minimum Gasteiger partial charge on any atom is -0.451 e.